The van der Waals surface area contributed by atoms with Crippen molar-refractivity contribution in [2.24, 2.45) is 0 Å². The van der Waals surface area contributed by atoms with Crippen LogP contribution >= 0.6 is 11.3 Å². The van der Waals surface area contributed by atoms with E-state index in [0.717, 1.165) is 32.9 Å². The van der Waals surface area contributed by atoms with Crippen molar-refractivity contribution in [3.63, 3.8) is 0 Å². The largest absolute Gasteiger partial charge is 0.485 e. The normalized spacial score (nSPS) is 16.3. The van der Waals surface area contributed by atoms with E-state index in [4.69, 9.17) is 9.47 Å². The van der Waals surface area contributed by atoms with Gasteiger partial charge in [0.2, 0.25) is 4.96 Å². The summed E-state index contributed by atoms with van der Waals surface area (Å²) < 4.78 is 13.6. The fourth-order valence-corrected chi connectivity index (χ4v) is 3.64. The molecule has 0 spiro atoms. The second-order valence-electron chi connectivity index (χ2n) is 5.89. The van der Waals surface area contributed by atoms with E-state index in [1.165, 1.54) is 16.9 Å². The molecule has 124 valence electrons. The standard InChI is InChI=1S/C18H14N4O2S/c1-11-6-8-12(9-7-11)16-19-20-18-22(16)21-17(25-18)15-10-23-13-4-2-3-5-14(13)24-15/h2-9,15H,10H2,1H3/t15-/m0/s1. The van der Waals surface area contributed by atoms with Crippen LogP contribution in [0.15, 0.2) is 48.5 Å². The third-order valence-electron chi connectivity index (χ3n) is 4.10. The van der Waals surface area contributed by atoms with Crippen LogP contribution in [0.4, 0.5) is 0 Å². The molecule has 4 aromatic rings. The highest BCUT2D eigenvalue weighted by Gasteiger charge is 2.27. The van der Waals surface area contributed by atoms with E-state index >= 15 is 0 Å². The van der Waals surface area contributed by atoms with Gasteiger partial charge in [0.05, 0.1) is 0 Å². The summed E-state index contributed by atoms with van der Waals surface area (Å²) in [4.78, 5) is 0.744. The van der Waals surface area contributed by atoms with Crippen LogP contribution in [-0.2, 0) is 0 Å². The molecule has 0 fully saturated rings. The van der Waals surface area contributed by atoms with Crippen LogP contribution < -0.4 is 9.47 Å². The highest BCUT2D eigenvalue weighted by atomic mass is 32.1. The van der Waals surface area contributed by atoms with Crippen LogP contribution in [0.25, 0.3) is 16.3 Å². The van der Waals surface area contributed by atoms with Crippen LogP contribution in [0.3, 0.4) is 0 Å². The maximum atomic E-state index is 6.04. The minimum Gasteiger partial charge on any atom is -0.485 e. The smallest absolute Gasteiger partial charge is 0.235 e. The molecule has 3 heterocycles. The summed E-state index contributed by atoms with van der Waals surface area (Å²) >= 11 is 1.47. The van der Waals surface area contributed by atoms with Crippen LogP contribution in [0, 0.1) is 6.92 Å². The molecular weight excluding hydrogens is 336 g/mol. The maximum absolute atomic E-state index is 6.04. The predicted octanol–water partition coefficient (Wildman–Crippen LogP) is 3.67. The molecule has 5 rings (SSSR count). The van der Waals surface area contributed by atoms with E-state index in [1.54, 1.807) is 4.52 Å². The molecule has 0 N–H and O–H groups in total. The Kier molecular flexibility index (Phi) is 3.21. The van der Waals surface area contributed by atoms with Gasteiger partial charge in [0, 0.05) is 5.56 Å². The van der Waals surface area contributed by atoms with Gasteiger partial charge in [0.25, 0.3) is 0 Å². The molecule has 0 radical (unpaired) electrons. The average molecular weight is 350 g/mol. The molecule has 1 aliphatic heterocycles. The zero-order valence-electron chi connectivity index (χ0n) is 13.4. The summed E-state index contributed by atoms with van der Waals surface area (Å²) in [5.74, 6) is 2.24. The van der Waals surface area contributed by atoms with Crippen molar-refractivity contribution in [3.05, 3.63) is 59.1 Å². The Balaban J connectivity index is 1.51. The number of hydrogen-bond acceptors (Lipinski definition) is 6. The first kappa shape index (κ1) is 14.4. The molecule has 0 saturated carbocycles. The molecule has 25 heavy (non-hydrogen) atoms. The van der Waals surface area contributed by atoms with Gasteiger partial charge in [0.15, 0.2) is 28.4 Å². The van der Waals surface area contributed by atoms with Crippen LogP contribution in [-0.4, -0.2) is 26.4 Å². The molecule has 6 nitrogen and oxygen atoms in total. The van der Waals surface area contributed by atoms with E-state index in [9.17, 15) is 0 Å². The van der Waals surface area contributed by atoms with Gasteiger partial charge in [0.1, 0.15) is 6.61 Å². The summed E-state index contributed by atoms with van der Waals surface area (Å²) in [5, 5.41) is 14.0. The molecule has 0 bridgehead atoms. The van der Waals surface area contributed by atoms with Crippen molar-refractivity contribution in [3.8, 4) is 22.9 Å². The number of aryl methyl sites for hydroxylation is 1. The molecule has 1 aliphatic rings. The van der Waals surface area contributed by atoms with Gasteiger partial charge >= 0.3 is 0 Å². The van der Waals surface area contributed by atoms with Crippen LogP contribution in [0.5, 0.6) is 11.5 Å². The van der Waals surface area contributed by atoms with Crippen LogP contribution in [0.1, 0.15) is 16.7 Å². The fraction of sp³-hybridized carbons (Fsp3) is 0.167. The summed E-state index contributed by atoms with van der Waals surface area (Å²) in [6, 6.07) is 15.8. The Morgan fingerprint density at radius 2 is 1.84 bits per heavy atom. The minimum atomic E-state index is -0.243. The van der Waals surface area contributed by atoms with Gasteiger partial charge in [-0.05, 0) is 19.1 Å². The summed E-state index contributed by atoms with van der Waals surface area (Å²) in [5.41, 5.74) is 2.19. The van der Waals surface area contributed by atoms with Crippen molar-refractivity contribution in [2.75, 3.05) is 6.61 Å². The van der Waals surface area contributed by atoms with Crippen molar-refractivity contribution >= 4 is 16.3 Å². The van der Waals surface area contributed by atoms with Gasteiger partial charge < -0.3 is 9.47 Å². The van der Waals surface area contributed by atoms with Gasteiger partial charge in [-0.1, -0.05) is 53.3 Å². The Hall–Kier alpha value is -2.93. The average Bonchev–Trinajstić information content (AvgIpc) is 3.23. The monoisotopic (exact) mass is 350 g/mol. The Morgan fingerprint density at radius 3 is 2.68 bits per heavy atom. The number of fused-ring (bicyclic) bond motifs is 2. The number of ether oxygens (including phenoxy) is 2. The Labute approximate surface area is 147 Å². The van der Waals surface area contributed by atoms with E-state index in [2.05, 4.69) is 34.4 Å². The third kappa shape index (κ3) is 2.44. The van der Waals surface area contributed by atoms with Gasteiger partial charge in [-0.25, -0.2) is 0 Å². The number of nitrogens with zero attached hydrogens (tertiary/aromatic N) is 4. The first-order valence-electron chi connectivity index (χ1n) is 7.95. The summed E-state index contributed by atoms with van der Waals surface area (Å²) in [6.07, 6.45) is -0.243. The van der Waals surface area contributed by atoms with Gasteiger partial charge in [-0.2, -0.15) is 9.61 Å². The molecule has 0 unspecified atom stereocenters. The van der Waals surface area contributed by atoms with Gasteiger partial charge in [-0.3, -0.25) is 0 Å². The van der Waals surface area contributed by atoms with Crippen molar-refractivity contribution in [1.82, 2.24) is 19.8 Å². The van der Waals surface area contributed by atoms with Crippen molar-refractivity contribution in [1.29, 1.82) is 0 Å². The molecule has 1 atom stereocenters. The van der Waals surface area contributed by atoms with E-state index in [1.807, 2.05) is 36.4 Å². The lowest BCUT2D eigenvalue weighted by Crippen LogP contribution is -2.21. The van der Waals surface area contributed by atoms with Crippen molar-refractivity contribution < 1.29 is 9.47 Å². The second-order valence-corrected chi connectivity index (χ2v) is 6.88. The molecule has 2 aromatic carbocycles. The number of rotatable bonds is 2. The fourth-order valence-electron chi connectivity index (χ4n) is 2.79. The lowest BCUT2D eigenvalue weighted by molar-refractivity contribution is 0.0904. The highest BCUT2D eigenvalue weighted by Crippen LogP contribution is 2.37. The zero-order chi connectivity index (χ0) is 16.8. The molecule has 0 aliphatic carbocycles. The first-order chi connectivity index (χ1) is 12.3. The second kappa shape index (κ2) is 5.56. The lowest BCUT2D eigenvalue weighted by Gasteiger charge is -2.24. The van der Waals surface area contributed by atoms with E-state index in [-0.39, 0.29) is 6.10 Å². The summed E-state index contributed by atoms with van der Waals surface area (Å²) in [6.45, 7) is 2.49. The number of aromatic nitrogens is 4. The number of benzene rings is 2. The molecule has 0 saturated heterocycles. The number of para-hydroxylation sites is 2. The maximum Gasteiger partial charge on any atom is 0.235 e. The number of hydrogen-bond donors (Lipinski definition) is 0. The third-order valence-corrected chi connectivity index (χ3v) is 5.09. The topological polar surface area (TPSA) is 61.5 Å². The Bertz CT molecular complexity index is 1050. The lowest BCUT2D eigenvalue weighted by atomic mass is 10.1. The first-order valence-corrected chi connectivity index (χ1v) is 8.77. The zero-order valence-corrected chi connectivity index (χ0v) is 14.2. The molecular formula is C18H14N4O2S. The van der Waals surface area contributed by atoms with Crippen molar-refractivity contribution in [2.45, 2.75) is 13.0 Å². The molecule has 2 aromatic heterocycles. The Morgan fingerprint density at radius 1 is 1.04 bits per heavy atom. The van der Waals surface area contributed by atoms with Gasteiger partial charge in [-0.15, -0.1) is 10.2 Å². The minimum absolute atomic E-state index is 0.243. The van der Waals surface area contributed by atoms with E-state index < -0.39 is 0 Å². The predicted molar refractivity (Wildman–Crippen MR) is 94.1 cm³/mol. The molecule has 7 heteroatoms. The summed E-state index contributed by atoms with van der Waals surface area (Å²) in [7, 11) is 0. The quantitative estimate of drug-likeness (QED) is 0.552. The van der Waals surface area contributed by atoms with E-state index in [0.29, 0.717) is 6.61 Å². The molecule has 0 amide bonds. The SMILES string of the molecule is Cc1ccc(-c2nnc3sc([C@@H]4COc5ccccc5O4)nn23)cc1. The highest BCUT2D eigenvalue weighted by molar-refractivity contribution is 7.16. The van der Waals surface area contributed by atoms with Crippen LogP contribution in [0.2, 0.25) is 0 Å².